The van der Waals surface area contributed by atoms with E-state index in [9.17, 15) is 18.4 Å². The summed E-state index contributed by atoms with van der Waals surface area (Å²) in [4.78, 5) is 27.4. The fraction of sp³-hybridized carbons (Fsp3) is 0.200. The van der Waals surface area contributed by atoms with Crippen LogP contribution in [0.3, 0.4) is 0 Å². The Balaban J connectivity index is 1.39. The van der Waals surface area contributed by atoms with Crippen molar-refractivity contribution in [3.8, 4) is 0 Å². The second-order valence-electron chi connectivity index (χ2n) is 6.44. The Kier molecular flexibility index (Phi) is 4.35. The molecule has 0 aliphatic carbocycles. The summed E-state index contributed by atoms with van der Waals surface area (Å²) in [6, 6.07) is 8.27. The zero-order valence-corrected chi connectivity index (χ0v) is 14.2. The van der Waals surface area contributed by atoms with Crippen LogP contribution < -0.4 is 5.32 Å². The molecule has 0 bridgehead atoms. The molecule has 0 fully saturated rings. The lowest BCUT2D eigenvalue weighted by Gasteiger charge is -2.23. The molecule has 2 heterocycles. The number of benzene rings is 2. The summed E-state index contributed by atoms with van der Waals surface area (Å²) in [5.41, 5.74) is 2.43. The van der Waals surface area contributed by atoms with Crippen LogP contribution in [0.5, 0.6) is 0 Å². The number of amides is 1. The fourth-order valence-corrected chi connectivity index (χ4v) is 3.30. The Hall–Kier alpha value is -3.22. The molecule has 1 atom stereocenters. The maximum Gasteiger partial charge on any atom is 0.339 e. The van der Waals surface area contributed by atoms with Crippen molar-refractivity contribution in [1.29, 1.82) is 0 Å². The van der Waals surface area contributed by atoms with Crippen LogP contribution in [-0.2, 0) is 22.4 Å². The number of nitrogens with one attached hydrogen (secondary N) is 2. The largest absolute Gasteiger partial charge is 0.448 e. The van der Waals surface area contributed by atoms with Crippen LogP contribution >= 0.6 is 0 Å². The number of ether oxygens (including phenoxy) is 1. The zero-order chi connectivity index (χ0) is 19.0. The number of carbonyl (C=O) groups excluding carboxylic acids is 2. The minimum Gasteiger partial charge on any atom is -0.448 e. The van der Waals surface area contributed by atoms with Gasteiger partial charge in [0.1, 0.15) is 11.6 Å². The lowest BCUT2D eigenvalue weighted by Crippen LogP contribution is -2.42. The van der Waals surface area contributed by atoms with Gasteiger partial charge in [0.15, 0.2) is 6.10 Å². The molecule has 0 radical (unpaired) electrons. The highest BCUT2D eigenvalue weighted by Gasteiger charge is 2.31. The molecule has 0 spiro atoms. The van der Waals surface area contributed by atoms with Crippen molar-refractivity contribution in [3.63, 3.8) is 0 Å². The molecule has 27 heavy (non-hydrogen) atoms. The number of fused-ring (bicyclic) bond motifs is 2. The maximum atomic E-state index is 13.4. The number of esters is 1. The van der Waals surface area contributed by atoms with Gasteiger partial charge in [0.05, 0.1) is 5.56 Å². The van der Waals surface area contributed by atoms with Crippen LogP contribution in [0, 0.1) is 11.6 Å². The summed E-state index contributed by atoms with van der Waals surface area (Å²) in [6.07, 6.45) is 1.40. The molecule has 2 N–H and O–H groups in total. The number of aromatic nitrogens is 1. The molecule has 1 amide bonds. The van der Waals surface area contributed by atoms with E-state index in [0.717, 1.165) is 16.5 Å². The summed E-state index contributed by atoms with van der Waals surface area (Å²) < 4.78 is 32.0. The zero-order valence-electron chi connectivity index (χ0n) is 14.2. The topological polar surface area (TPSA) is 71.2 Å². The van der Waals surface area contributed by atoms with Crippen molar-refractivity contribution in [2.45, 2.75) is 18.9 Å². The van der Waals surface area contributed by atoms with Crippen molar-refractivity contribution in [1.82, 2.24) is 10.3 Å². The molecule has 7 heteroatoms. The van der Waals surface area contributed by atoms with E-state index >= 15 is 0 Å². The molecule has 1 aromatic heterocycles. The molecule has 1 aliphatic heterocycles. The van der Waals surface area contributed by atoms with Gasteiger partial charge in [-0.2, -0.15) is 0 Å². The first-order valence-corrected chi connectivity index (χ1v) is 8.54. The predicted molar refractivity (Wildman–Crippen MR) is 94.3 cm³/mol. The fourth-order valence-electron chi connectivity index (χ4n) is 3.30. The summed E-state index contributed by atoms with van der Waals surface area (Å²) in [6.45, 7) is 0.298. The third-order valence-corrected chi connectivity index (χ3v) is 4.66. The van der Waals surface area contributed by atoms with E-state index in [2.05, 4.69) is 10.3 Å². The Labute approximate surface area is 153 Å². The lowest BCUT2D eigenvalue weighted by molar-refractivity contribution is -0.130. The first kappa shape index (κ1) is 17.2. The molecule has 5 nitrogen and oxygen atoms in total. The van der Waals surface area contributed by atoms with E-state index in [0.29, 0.717) is 18.5 Å². The van der Waals surface area contributed by atoms with Gasteiger partial charge in [-0.15, -0.1) is 0 Å². The average Bonchev–Trinajstić information content (AvgIpc) is 3.03. The normalized spacial score (nSPS) is 16.1. The van der Waals surface area contributed by atoms with Gasteiger partial charge >= 0.3 is 5.97 Å². The molecule has 138 valence electrons. The second-order valence-corrected chi connectivity index (χ2v) is 6.44. The second kappa shape index (κ2) is 6.83. The highest BCUT2D eigenvalue weighted by molar-refractivity contribution is 5.95. The molecule has 1 unspecified atom stereocenters. The SMILES string of the molecule is O=C1OC(C(=O)NCCc2c[nH]c3ccc(F)cc23)Cc2cc(F)ccc21. The molecule has 0 saturated carbocycles. The standard InChI is InChI=1S/C20H16F2N2O3/c21-13-1-3-15-12(7-13)8-18(27-20(15)26)19(25)23-6-5-11-10-24-17-4-2-14(22)9-16(11)17/h1-4,7,9-10,18,24H,5-6,8H2,(H,23,25). The highest BCUT2D eigenvalue weighted by Crippen LogP contribution is 2.22. The summed E-state index contributed by atoms with van der Waals surface area (Å²) in [7, 11) is 0. The van der Waals surface area contributed by atoms with Crippen LogP contribution in [0.2, 0.25) is 0 Å². The van der Waals surface area contributed by atoms with Gasteiger partial charge in [0.2, 0.25) is 0 Å². The molecule has 3 aromatic rings. The van der Waals surface area contributed by atoms with E-state index in [1.807, 2.05) is 0 Å². The first-order chi connectivity index (χ1) is 13.0. The third-order valence-electron chi connectivity index (χ3n) is 4.66. The minimum absolute atomic E-state index is 0.128. The van der Waals surface area contributed by atoms with Crippen LogP contribution in [0.25, 0.3) is 10.9 Å². The molecule has 1 aliphatic rings. The van der Waals surface area contributed by atoms with Crippen molar-refractivity contribution >= 4 is 22.8 Å². The maximum absolute atomic E-state index is 13.4. The van der Waals surface area contributed by atoms with E-state index in [-0.39, 0.29) is 17.8 Å². The number of cyclic esters (lactones) is 1. The lowest BCUT2D eigenvalue weighted by atomic mass is 9.98. The van der Waals surface area contributed by atoms with Crippen LogP contribution in [0.15, 0.2) is 42.6 Å². The van der Waals surface area contributed by atoms with E-state index < -0.39 is 23.8 Å². The van der Waals surface area contributed by atoms with Crippen molar-refractivity contribution < 1.29 is 23.1 Å². The molecule has 0 saturated heterocycles. The van der Waals surface area contributed by atoms with E-state index in [1.165, 1.54) is 30.3 Å². The van der Waals surface area contributed by atoms with E-state index in [1.54, 1.807) is 12.3 Å². The molecular weight excluding hydrogens is 354 g/mol. The smallest absolute Gasteiger partial charge is 0.339 e. The van der Waals surface area contributed by atoms with Gasteiger partial charge in [-0.3, -0.25) is 4.79 Å². The monoisotopic (exact) mass is 370 g/mol. The minimum atomic E-state index is -0.993. The van der Waals surface area contributed by atoms with Gasteiger partial charge < -0.3 is 15.0 Å². The summed E-state index contributed by atoms with van der Waals surface area (Å²) in [5, 5.41) is 3.48. The molecular formula is C20H16F2N2O3. The molecule has 2 aromatic carbocycles. The number of hydrogen-bond donors (Lipinski definition) is 2. The number of H-pyrrole nitrogens is 1. The van der Waals surface area contributed by atoms with Gasteiger partial charge in [-0.1, -0.05) is 0 Å². The highest BCUT2D eigenvalue weighted by atomic mass is 19.1. The Morgan fingerprint density at radius 2 is 1.96 bits per heavy atom. The number of carbonyl (C=O) groups is 2. The van der Waals surface area contributed by atoms with Crippen molar-refractivity contribution in [2.24, 2.45) is 0 Å². The van der Waals surface area contributed by atoms with Gasteiger partial charge in [-0.25, -0.2) is 13.6 Å². The third kappa shape index (κ3) is 3.40. The predicted octanol–water partition coefficient (Wildman–Crippen LogP) is 2.89. The number of halogens is 2. The quantitative estimate of drug-likeness (QED) is 0.694. The summed E-state index contributed by atoms with van der Waals surface area (Å²) >= 11 is 0. The van der Waals surface area contributed by atoms with Gasteiger partial charge in [0.25, 0.3) is 5.91 Å². The Morgan fingerprint density at radius 3 is 2.81 bits per heavy atom. The number of rotatable bonds is 4. The number of hydrogen-bond acceptors (Lipinski definition) is 3. The number of aromatic amines is 1. The van der Waals surface area contributed by atoms with Crippen molar-refractivity contribution in [2.75, 3.05) is 6.54 Å². The molecule has 4 rings (SSSR count). The van der Waals surface area contributed by atoms with Gasteiger partial charge in [-0.05, 0) is 53.9 Å². The van der Waals surface area contributed by atoms with Crippen molar-refractivity contribution in [3.05, 3.63) is 70.9 Å². The summed E-state index contributed by atoms with van der Waals surface area (Å²) in [5.74, 6) is -1.87. The van der Waals surface area contributed by atoms with Crippen LogP contribution in [0.4, 0.5) is 8.78 Å². The average molecular weight is 370 g/mol. The van der Waals surface area contributed by atoms with Crippen LogP contribution in [0.1, 0.15) is 21.5 Å². The van der Waals surface area contributed by atoms with Crippen LogP contribution in [-0.4, -0.2) is 29.5 Å². The first-order valence-electron chi connectivity index (χ1n) is 8.54. The van der Waals surface area contributed by atoms with Gasteiger partial charge in [0, 0.05) is 30.1 Å². The Bertz CT molecular complexity index is 1040. The van der Waals surface area contributed by atoms with E-state index in [4.69, 9.17) is 4.74 Å². The Morgan fingerprint density at radius 1 is 1.19 bits per heavy atom.